The van der Waals surface area contributed by atoms with Gasteiger partial charge in [0.05, 0.1) is 19.2 Å². The van der Waals surface area contributed by atoms with Crippen molar-refractivity contribution < 1.29 is 14.3 Å². The molecule has 0 aromatic carbocycles. The highest BCUT2D eigenvalue weighted by Gasteiger charge is 2.51. The third-order valence-corrected chi connectivity index (χ3v) is 5.39. The number of fused-ring (bicyclic) bond motifs is 2. The lowest BCUT2D eigenvalue weighted by Crippen LogP contribution is -2.46. The molecule has 1 aromatic rings. The summed E-state index contributed by atoms with van der Waals surface area (Å²) in [4.78, 5) is 24.3. The lowest BCUT2D eigenvalue weighted by Gasteiger charge is -2.29. The first-order valence-corrected chi connectivity index (χ1v) is 8.06. The van der Waals surface area contributed by atoms with Crippen LogP contribution < -0.4 is 5.32 Å². The predicted octanol–water partition coefficient (Wildman–Crippen LogP) is 1.45. The Morgan fingerprint density at radius 1 is 1.39 bits per heavy atom. The summed E-state index contributed by atoms with van der Waals surface area (Å²) in [7, 11) is 3.28. The number of methoxy groups -OCH3 is 1. The maximum absolute atomic E-state index is 12.2. The number of amides is 1. The maximum atomic E-state index is 12.2. The number of carbonyl (C=O) groups is 2. The number of aromatic nitrogens is 2. The Kier molecular flexibility index (Phi) is 4.24. The molecule has 1 heterocycles. The van der Waals surface area contributed by atoms with Crippen LogP contribution in [0.2, 0.25) is 0 Å². The molecule has 0 aliphatic heterocycles. The van der Waals surface area contributed by atoms with Gasteiger partial charge in [0.2, 0.25) is 5.91 Å². The Labute approximate surface area is 135 Å². The molecule has 3 rings (SSSR count). The van der Waals surface area contributed by atoms with Crippen LogP contribution in [0.4, 0.5) is 0 Å². The molecule has 124 valence electrons. The van der Waals surface area contributed by atoms with Crippen LogP contribution >= 0.6 is 0 Å². The second-order valence-corrected chi connectivity index (χ2v) is 6.56. The van der Waals surface area contributed by atoms with E-state index in [0.717, 1.165) is 30.5 Å². The zero-order valence-corrected chi connectivity index (χ0v) is 13.8. The summed E-state index contributed by atoms with van der Waals surface area (Å²) in [5, 5.41) is 7.17. The van der Waals surface area contributed by atoms with Gasteiger partial charge in [-0.3, -0.25) is 14.3 Å². The number of nitrogens with one attached hydrogen (secondary N) is 1. The van der Waals surface area contributed by atoms with Crippen molar-refractivity contribution in [2.45, 2.75) is 32.2 Å². The molecule has 1 aromatic heterocycles. The van der Waals surface area contributed by atoms with E-state index in [1.807, 2.05) is 14.0 Å². The molecule has 0 saturated heterocycles. The number of hydrogen-bond donors (Lipinski definition) is 1. The molecule has 2 bridgehead atoms. The number of ether oxygens (including phenoxy) is 1. The molecule has 1 N–H and O–H groups in total. The van der Waals surface area contributed by atoms with Crippen molar-refractivity contribution in [3.8, 4) is 0 Å². The van der Waals surface area contributed by atoms with Crippen molar-refractivity contribution in [3.05, 3.63) is 23.5 Å². The van der Waals surface area contributed by atoms with Gasteiger partial charge in [0.25, 0.3) is 0 Å². The molecular formula is C17H23N3O3. The van der Waals surface area contributed by atoms with E-state index < -0.39 is 0 Å². The van der Waals surface area contributed by atoms with Crippen molar-refractivity contribution in [3.63, 3.8) is 0 Å². The highest BCUT2D eigenvalue weighted by molar-refractivity contribution is 5.92. The van der Waals surface area contributed by atoms with Gasteiger partial charge in [0, 0.05) is 30.4 Å². The Bertz CT molecular complexity index is 650. The van der Waals surface area contributed by atoms with E-state index in [1.54, 1.807) is 17.0 Å². The topological polar surface area (TPSA) is 73.2 Å². The molecule has 2 aliphatic rings. The average Bonchev–Trinajstić information content (AvgIpc) is 3.22. The van der Waals surface area contributed by atoms with Crippen molar-refractivity contribution in [1.29, 1.82) is 0 Å². The minimum atomic E-state index is -0.199. The molecule has 0 radical (unpaired) electrons. The standard InChI is InChI=1S/C17H23N3O3/c1-10-13(9-18-20(10)2)6-7-14(21)19-16-12-5-4-11(8-12)15(16)17(22)23-3/h6-7,9,11-12,15-16H,4-5,8H2,1-3H3,(H,19,21)/b7-6+/t11-,12+,15-,16-/m0/s1. The number of aryl methyl sites for hydroxylation is 1. The van der Waals surface area contributed by atoms with Gasteiger partial charge in [-0.1, -0.05) is 0 Å². The van der Waals surface area contributed by atoms with Crippen LogP contribution in [-0.4, -0.2) is 34.8 Å². The number of esters is 1. The molecule has 6 heteroatoms. The van der Waals surface area contributed by atoms with Gasteiger partial charge in [-0.2, -0.15) is 5.10 Å². The fraction of sp³-hybridized carbons (Fsp3) is 0.588. The Balaban J connectivity index is 1.67. The van der Waals surface area contributed by atoms with Crippen molar-refractivity contribution in [1.82, 2.24) is 15.1 Å². The Morgan fingerprint density at radius 3 is 2.78 bits per heavy atom. The normalized spacial score (nSPS) is 29.2. The summed E-state index contributed by atoms with van der Waals surface area (Å²) in [6.07, 6.45) is 8.16. The first-order valence-electron chi connectivity index (χ1n) is 8.06. The number of carbonyl (C=O) groups excluding carboxylic acids is 2. The van der Waals surface area contributed by atoms with E-state index in [-0.39, 0.29) is 23.8 Å². The summed E-state index contributed by atoms with van der Waals surface area (Å²) in [5.41, 5.74) is 1.92. The summed E-state index contributed by atoms with van der Waals surface area (Å²) < 4.78 is 6.69. The molecule has 1 amide bonds. The SMILES string of the molecule is COC(=O)[C@H]1[C@H]2CC[C@H](C2)[C@@H]1NC(=O)/C=C/c1cnn(C)c1C. The third-order valence-electron chi connectivity index (χ3n) is 5.39. The molecular weight excluding hydrogens is 294 g/mol. The molecule has 0 unspecified atom stereocenters. The monoisotopic (exact) mass is 317 g/mol. The molecule has 4 atom stereocenters. The minimum Gasteiger partial charge on any atom is -0.469 e. The Morgan fingerprint density at radius 2 is 2.13 bits per heavy atom. The number of hydrogen-bond acceptors (Lipinski definition) is 4. The van der Waals surface area contributed by atoms with Gasteiger partial charge < -0.3 is 10.1 Å². The van der Waals surface area contributed by atoms with Crippen molar-refractivity contribution >= 4 is 18.0 Å². The smallest absolute Gasteiger partial charge is 0.311 e. The molecule has 0 spiro atoms. The minimum absolute atomic E-state index is 0.103. The van der Waals surface area contributed by atoms with Crippen LogP contribution in [0.1, 0.15) is 30.5 Å². The van der Waals surface area contributed by atoms with Crippen molar-refractivity contribution in [2.24, 2.45) is 24.8 Å². The lowest BCUT2D eigenvalue weighted by atomic mass is 9.84. The molecule has 2 fully saturated rings. The fourth-order valence-corrected chi connectivity index (χ4v) is 4.03. The second kappa shape index (κ2) is 6.18. The van der Waals surface area contributed by atoms with Gasteiger partial charge in [-0.05, 0) is 44.1 Å². The van der Waals surface area contributed by atoms with Crippen molar-refractivity contribution in [2.75, 3.05) is 7.11 Å². The molecule has 2 saturated carbocycles. The van der Waals surface area contributed by atoms with E-state index in [9.17, 15) is 9.59 Å². The highest BCUT2D eigenvalue weighted by Crippen LogP contribution is 2.48. The first kappa shape index (κ1) is 15.8. The van der Waals surface area contributed by atoms with Crippen LogP contribution in [0.15, 0.2) is 12.3 Å². The highest BCUT2D eigenvalue weighted by atomic mass is 16.5. The van der Waals surface area contributed by atoms with Gasteiger partial charge in [-0.15, -0.1) is 0 Å². The fourth-order valence-electron chi connectivity index (χ4n) is 4.03. The first-order chi connectivity index (χ1) is 11.0. The third kappa shape index (κ3) is 2.90. The quantitative estimate of drug-likeness (QED) is 0.674. The van der Waals surface area contributed by atoms with E-state index in [1.165, 1.54) is 13.2 Å². The maximum Gasteiger partial charge on any atom is 0.311 e. The van der Waals surface area contributed by atoms with E-state index in [4.69, 9.17) is 4.74 Å². The molecule has 2 aliphatic carbocycles. The predicted molar refractivity (Wildman–Crippen MR) is 85.2 cm³/mol. The van der Waals surface area contributed by atoms with E-state index in [0.29, 0.717) is 11.8 Å². The number of rotatable bonds is 4. The zero-order chi connectivity index (χ0) is 16.6. The summed E-state index contributed by atoms with van der Waals surface area (Å²) in [6.45, 7) is 1.95. The largest absolute Gasteiger partial charge is 0.469 e. The summed E-state index contributed by atoms with van der Waals surface area (Å²) in [6, 6.07) is -0.103. The molecule has 6 nitrogen and oxygen atoms in total. The Hall–Kier alpha value is -2.11. The van der Waals surface area contributed by atoms with Crippen LogP contribution in [-0.2, 0) is 21.4 Å². The lowest BCUT2D eigenvalue weighted by molar-refractivity contribution is -0.148. The summed E-state index contributed by atoms with van der Waals surface area (Å²) >= 11 is 0. The average molecular weight is 317 g/mol. The van der Waals surface area contributed by atoms with Crippen LogP contribution in [0.3, 0.4) is 0 Å². The van der Waals surface area contributed by atoms with E-state index >= 15 is 0 Å². The summed E-state index contributed by atoms with van der Waals surface area (Å²) in [5.74, 6) is 0.175. The zero-order valence-electron chi connectivity index (χ0n) is 13.8. The molecule has 23 heavy (non-hydrogen) atoms. The number of nitrogens with zero attached hydrogens (tertiary/aromatic N) is 2. The van der Waals surface area contributed by atoms with Gasteiger partial charge >= 0.3 is 5.97 Å². The van der Waals surface area contributed by atoms with Crippen LogP contribution in [0.25, 0.3) is 6.08 Å². The van der Waals surface area contributed by atoms with Crippen LogP contribution in [0.5, 0.6) is 0 Å². The van der Waals surface area contributed by atoms with Gasteiger partial charge in [0.15, 0.2) is 0 Å². The van der Waals surface area contributed by atoms with Crippen LogP contribution in [0, 0.1) is 24.7 Å². The van der Waals surface area contributed by atoms with E-state index in [2.05, 4.69) is 10.4 Å². The second-order valence-electron chi connectivity index (χ2n) is 6.56. The van der Waals surface area contributed by atoms with Gasteiger partial charge in [0.1, 0.15) is 0 Å². The van der Waals surface area contributed by atoms with Gasteiger partial charge in [-0.25, -0.2) is 0 Å².